The lowest BCUT2D eigenvalue weighted by atomic mass is 10.4. The van der Waals surface area contributed by atoms with E-state index in [0.29, 0.717) is 6.42 Å². The monoisotopic (exact) mass is 245 g/mol. The Balaban J connectivity index is 0. The van der Waals surface area contributed by atoms with Gasteiger partial charge in [0.1, 0.15) is 6.29 Å². The maximum atomic E-state index is 9.84. The molecule has 0 aromatic heterocycles. The maximum Gasteiger partial charge on any atom is 0.235 e. The highest BCUT2D eigenvalue weighted by atomic mass is 127. The molecule has 0 aliphatic heterocycles. The molecule has 2 nitrogen and oxygen atoms in total. The van der Waals surface area contributed by atoms with E-state index in [0.717, 1.165) is 17.3 Å². The molecule has 3 heteroatoms. The minimum Gasteiger partial charge on any atom is -0.331 e. The van der Waals surface area contributed by atoms with Crippen molar-refractivity contribution in [1.82, 2.24) is 0 Å². The van der Waals surface area contributed by atoms with Gasteiger partial charge in [-0.3, -0.25) is 0 Å². The molecule has 0 unspecified atom stereocenters. The van der Waals surface area contributed by atoms with Crippen molar-refractivity contribution in [3.63, 3.8) is 0 Å². The van der Waals surface area contributed by atoms with Crippen molar-refractivity contribution >= 4 is 6.29 Å². The minimum absolute atomic E-state index is 0. The lowest BCUT2D eigenvalue weighted by Gasteiger charge is -2.22. The maximum absolute atomic E-state index is 9.84. The van der Waals surface area contributed by atoms with E-state index in [1.165, 1.54) is 0 Å². The van der Waals surface area contributed by atoms with Crippen molar-refractivity contribution in [1.29, 1.82) is 0 Å². The first-order valence-corrected chi connectivity index (χ1v) is 2.80. The fourth-order valence-corrected chi connectivity index (χ4v) is 0.440. The molecule has 0 radical (unpaired) electrons. The van der Waals surface area contributed by atoms with Gasteiger partial charge in [0, 0.05) is 0 Å². The van der Waals surface area contributed by atoms with Crippen LogP contribution in [0.15, 0.2) is 0 Å². The fraction of sp³-hybridized carbons (Fsp3) is 0.833. The Morgan fingerprint density at radius 3 is 1.89 bits per heavy atom. The van der Waals surface area contributed by atoms with Crippen molar-refractivity contribution in [2.75, 3.05) is 27.7 Å². The lowest BCUT2D eigenvalue weighted by Crippen LogP contribution is -3.00. The SMILES string of the molecule is C[N+](C)(C)CCC=O.[IH2+]. The molecule has 0 saturated carbocycles. The number of carbonyl (C=O) groups excluding carboxylic acids is 1. The number of nitrogens with zero attached hydrogens (tertiary/aromatic N) is 1. The van der Waals surface area contributed by atoms with Crippen LogP contribution in [0.3, 0.4) is 0 Å². The van der Waals surface area contributed by atoms with Gasteiger partial charge in [-0.25, -0.2) is 0 Å². The molecule has 0 aromatic rings. The molecule has 0 spiro atoms. The van der Waals surface area contributed by atoms with Crippen LogP contribution in [0.25, 0.3) is 0 Å². The zero-order chi connectivity index (χ0) is 6.62. The molecule has 0 aromatic carbocycles. The van der Waals surface area contributed by atoms with Crippen LogP contribution in [-0.2, 0) is 4.79 Å². The second kappa shape index (κ2) is 5.17. The van der Waals surface area contributed by atoms with Crippen LogP contribution < -0.4 is 24.0 Å². The Bertz CT molecular complexity index is 77.6. The van der Waals surface area contributed by atoms with Gasteiger partial charge in [-0.1, -0.05) is 0 Å². The summed E-state index contributed by atoms with van der Waals surface area (Å²) in [6.07, 6.45) is 1.63. The summed E-state index contributed by atoms with van der Waals surface area (Å²) in [5.41, 5.74) is 0. The van der Waals surface area contributed by atoms with Gasteiger partial charge < -0.3 is 9.28 Å². The van der Waals surface area contributed by atoms with E-state index < -0.39 is 0 Å². The molecule has 0 N–H and O–H groups in total. The number of hydrogen-bond acceptors (Lipinski definition) is 1. The zero-order valence-electron chi connectivity index (χ0n) is 6.29. The molecule has 0 atom stereocenters. The predicted octanol–water partition coefficient (Wildman–Crippen LogP) is -3.25. The Hall–Kier alpha value is 0.360. The zero-order valence-corrected chi connectivity index (χ0v) is 8.85. The molecule has 0 saturated heterocycles. The van der Waals surface area contributed by atoms with E-state index in [1.54, 1.807) is 0 Å². The Kier molecular flexibility index (Phi) is 6.94. The van der Waals surface area contributed by atoms with Crippen LogP contribution in [0, 0.1) is 0 Å². The van der Waals surface area contributed by atoms with Gasteiger partial charge in [0.15, 0.2) is 0 Å². The number of carbonyl (C=O) groups is 1. The Morgan fingerprint density at radius 2 is 1.78 bits per heavy atom. The number of hydrogen-bond donors (Lipinski definition) is 0. The molecule has 56 valence electrons. The van der Waals surface area contributed by atoms with Gasteiger partial charge >= 0.3 is 0 Å². The number of aldehydes is 1. The van der Waals surface area contributed by atoms with Crippen LogP contribution >= 0.6 is 0 Å². The Labute approximate surface area is 73.8 Å². The van der Waals surface area contributed by atoms with Crippen LogP contribution in [0.2, 0.25) is 0 Å². The van der Waals surface area contributed by atoms with Gasteiger partial charge in [0.2, 0.25) is 24.0 Å². The number of halogens is 1. The van der Waals surface area contributed by atoms with Crippen molar-refractivity contribution in [3.05, 3.63) is 0 Å². The number of quaternary nitrogens is 1. The van der Waals surface area contributed by atoms with Gasteiger partial charge in [-0.15, -0.1) is 0 Å². The molecule has 0 aliphatic carbocycles. The topological polar surface area (TPSA) is 17.1 Å². The summed E-state index contributed by atoms with van der Waals surface area (Å²) in [6, 6.07) is 0. The lowest BCUT2D eigenvalue weighted by molar-refractivity contribution is -0.869. The standard InChI is InChI=1S/C6H14NO.H2I/c1-7(2,3)5-4-6-8;/h6H,4-5H2,1-3H3;1H2/q2*+1. The summed E-state index contributed by atoms with van der Waals surface area (Å²) in [6.45, 7) is 0.934. The minimum atomic E-state index is 0. The third-order valence-corrected chi connectivity index (χ3v) is 0.918. The second-order valence-electron chi connectivity index (χ2n) is 2.97. The van der Waals surface area contributed by atoms with Gasteiger partial charge in [0.25, 0.3) is 0 Å². The average molecular weight is 245 g/mol. The average Bonchev–Trinajstić information content (AvgIpc) is 1.59. The fourth-order valence-electron chi connectivity index (χ4n) is 0.440. The molecule has 9 heavy (non-hydrogen) atoms. The summed E-state index contributed by atoms with van der Waals surface area (Å²) >= 11 is 0. The van der Waals surface area contributed by atoms with E-state index in [2.05, 4.69) is 21.1 Å². The third kappa shape index (κ3) is 11.8. The van der Waals surface area contributed by atoms with Crippen molar-refractivity contribution in [2.24, 2.45) is 0 Å². The predicted molar refractivity (Wildman–Crippen MR) is 36.4 cm³/mol. The van der Waals surface area contributed by atoms with Gasteiger partial charge in [0.05, 0.1) is 34.1 Å². The van der Waals surface area contributed by atoms with E-state index in [4.69, 9.17) is 0 Å². The second-order valence-corrected chi connectivity index (χ2v) is 2.97. The van der Waals surface area contributed by atoms with E-state index >= 15 is 0 Å². The first-order valence-electron chi connectivity index (χ1n) is 2.80. The molecule has 0 bridgehead atoms. The van der Waals surface area contributed by atoms with Crippen LogP contribution in [-0.4, -0.2) is 38.5 Å². The highest BCUT2D eigenvalue weighted by Crippen LogP contribution is 1.89. The molecule has 0 heterocycles. The molecule has 0 amide bonds. The summed E-state index contributed by atoms with van der Waals surface area (Å²) in [5.74, 6) is 0. The van der Waals surface area contributed by atoms with E-state index in [9.17, 15) is 4.79 Å². The van der Waals surface area contributed by atoms with Gasteiger partial charge in [-0.05, 0) is 0 Å². The van der Waals surface area contributed by atoms with Crippen molar-refractivity contribution < 1.29 is 33.3 Å². The van der Waals surface area contributed by atoms with Crippen molar-refractivity contribution in [2.45, 2.75) is 6.42 Å². The summed E-state index contributed by atoms with van der Waals surface area (Å²) in [4.78, 5) is 9.84. The quantitative estimate of drug-likeness (QED) is 0.290. The van der Waals surface area contributed by atoms with E-state index in [-0.39, 0.29) is 24.0 Å². The molecule has 0 rings (SSSR count). The molecule has 0 aliphatic rings. The van der Waals surface area contributed by atoms with Crippen LogP contribution in [0.4, 0.5) is 0 Å². The smallest absolute Gasteiger partial charge is 0.235 e. The van der Waals surface area contributed by atoms with Gasteiger partial charge in [-0.2, -0.15) is 0 Å². The summed E-state index contributed by atoms with van der Waals surface area (Å²) in [5, 5.41) is 0. The summed E-state index contributed by atoms with van der Waals surface area (Å²) < 4.78 is 0.874. The highest BCUT2D eigenvalue weighted by molar-refractivity contribution is 5.49. The summed E-state index contributed by atoms with van der Waals surface area (Å²) in [7, 11) is 6.22. The van der Waals surface area contributed by atoms with Crippen LogP contribution in [0.1, 0.15) is 6.42 Å². The largest absolute Gasteiger partial charge is 0.331 e. The van der Waals surface area contributed by atoms with Crippen LogP contribution in [0.5, 0.6) is 0 Å². The van der Waals surface area contributed by atoms with Crippen molar-refractivity contribution in [3.8, 4) is 0 Å². The third-order valence-electron chi connectivity index (χ3n) is 0.918. The molecular formula is C6H16INO+2. The number of rotatable bonds is 3. The molecule has 0 fully saturated rings. The first-order chi connectivity index (χ1) is 3.56. The highest BCUT2D eigenvalue weighted by Gasteiger charge is 2.03. The molecular weight excluding hydrogens is 229 g/mol. The van der Waals surface area contributed by atoms with E-state index in [1.807, 2.05) is 0 Å². The normalized spacial score (nSPS) is 10.1. The Morgan fingerprint density at radius 1 is 1.33 bits per heavy atom. The first kappa shape index (κ1) is 12.1.